The zero-order valence-corrected chi connectivity index (χ0v) is 14.1. The smallest absolute Gasteiger partial charge is 0.0734 e. The van der Waals surface area contributed by atoms with Gasteiger partial charge in [-0.25, -0.2) is 0 Å². The van der Waals surface area contributed by atoms with E-state index in [-0.39, 0.29) is 0 Å². The minimum Gasteiger partial charge on any atom is -0.372 e. The third-order valence-corrected chi connectivity index (χ3v) is 6.08. The number of hydrogen-bond donors (Lipinski definition) is 1. The number of hydrogen-bond acceptors (Lipinski definition) is 3. The molecule has 0 radical (unpaired) electrons. The van der Waals surface area contributed by atoms with E-state index in [1.165, 1.54) is 57.1 Å². The van der Waals surface area contributed by atoms with Crippen LogP contribution in [0.15, 0.2) is 30.3 Å². The first kappa shape index (κ1) is 15.6. The van der Waals surface area contributed by atoms with Gasteiger partial charge in [-0.3, -0.25) is 4.90 Å². The first-order chi connectivity index (χ1) is 11.4. The van der Waals surface area contributed by atoms with E-state index in [0.717, 1.165) is 25.2 Å². The second-order valence-electron chi connectivity index (χ2n) is 7.48. The van der Waals surface area contributed by atoms with E-state index in [2.05, 4.69) is 40.5 Å². The van der Waals surface area contributed by atoms with Gasteiger partial charge in [0.05, 0.1) is 12.7 Å². The summed E-state index contributed by atoms with van der Waals surface area (Å²) < 4.78 is 6.42. The van der Waals surface area contributed by atoms with E-state index in [9.17, 15) is 0 Å². The molecule has 1 aromatic carbocycles. The van der Waals surface area contributed by atoms with Crippen molar-refractivity contribution < 1.29 is 4.74 Å². The number of nitrogens with zero attached hydrogens (tertiary/aromatic N) is 1. The van der Waals surface area contributed by atoms with Gasteiger partial charge in [0, 0.05) is 31.2 Å². The van der Waals surface area contributed by atoms with E-state index in [4.69, 9.17) is 4.74 Å². The Morgan fingerprint density at radius 3 is 2.70 bits per heavy atom. The molecule has 3 heteroatoms. The van der Waals surface area contributed by atoms with Crippen molar-refractivity contribution >= 4 is 0 Å². The fourth-order valence-corrected chi connectivity index (χ4v) is 4.96. The van der Waals surface area contributed by atoms with Crippen LogP contribution < -0.4 is 5.32 Å². The molecule has 1 N–H and O–H groups in total. The molecule has 1 saturated heterocycles. The van der Waals surface area contributed by atoms with Crippen molar-refractivity contribution in [3.63, 3.8) is 0 Å². The molecule has 126 valence electrons. The predicted molar refractivity (Wildman–Crippen MR) is 93.4 cm³/mol. The molecular formula is C20H30N2O. The van der Waals surface area contributed by atoms with Crippen molar-refractivity contribution in [2.24, 2.45) is 0 Å². The Bertz CT molecular complexity index is 492. The van der Waals surface area contributed by atoms with Crippen molar-refractivity contribution in [2.45, 2.75) is 75.8 Å². The maximum absolute atomic E-state index is 6.42. The molecular weight excluding hydrogens is 284 g/mol. The summed E-state index contributed by atoms with van der Waals surface area (Å²) >= 11 is 0. The van der Waals surface area contributed by atoms with Crippen molar-refractivity contribution in [2.75, 3.05) is 13.1 Å². The van der Waals surface area contributed by atoms with Gasteiger partial charge in [-0.05, 0) is 31.2 Å². The van der Waals surface area contributed by atoms with Crippen LogP contribution in [-0.4, -0.2) is 42.2 Å². The van der Waals surface area contributed by atoms with Crippen molar-refractivity contribution in [3.05, 3.63) is 35.9 Å². The maximum Gasteiger partial charge on any atom is 0.0734 e. The molecule has 1 heterocycles. The predicted octanol–water partition coefficient (Wildman–Crippen LogP) is 3.34. The third kappa shape index (κ3) is 3.47. The van der Waals surface area contributed by atoms with Crippen LogP contribution in [0, 0.1) is 0 Å². The average Bonchev–Trinajstić information content (AvgIpc) is 3.10. The van der Waals surface area contributed by atoms with Crippen molar-refractivity contribution in [1.82, 2.24) is 10.2 Å². The molecule has 0 amide bonds. The molecule has 0 spiro atoms. The van der Waals surface area contributed by atoms with Gasteiger partial charge in [0.15, 0.2) is 0 Å². The van der Waals surface area contributed by atoms with Gasteiger partial charge in [-0.2, -0.15) is 0 Å². The molecule has 1 aromatic rings. The number of piperazine rings is 1. The van der Waals surface area contributed by atoms with E-state index in [0.29, 0.717) is 12.1 Å². The van der Waals surface area contributed by atoms with Gasteiger partial charge >= 0.3 is 0 Å². The Kier molecular flexibility index (Phi) is 4.98. The second kappa shape index (κ2) is 7.33. The van der Waals surface area contributed by atoms with Gasteiger partial charge in [-0.15, -0.1) is 0 Å². The molecule has 0 aromatic heterocycles. The Morgan fingerprint density at radius 2 is 1.78 bits per heavy atom. The fraction of sp³-hybridized carbons (Fsp3) is 0.700. The largest absolute Gasteiger partial charge is 0.372 e. The molecule has 2 aliphatic carbocycles. The SMILES string of the molecule is c1ccc(CO[C@@H]2CCCC[C@@H]2N2CCN[C@@H]3CCC[C@H]32)cc1. The van der Waals surface area contributed by atoms with E-state index < -0.39 is 0 Å². The van der Waals surface area contributed by atoms with E-state index >= 15 is 0 Å². The molecule has 3 fully saturated rings. The van der Waals surface area contributed by atoms with Gasteiger partial charge in [0.25, 0.3) is 0 Å². The van der Waals surface area contributed by atoms with Gasteiger partial charge in [0.2, 0.25) is 0 Å². The number of fused-ring (bicyclic) bond motifs is 1. The molecule has 0 unspecified atom stereocenters. The summed E-state index contributed by atoms with van der Waals surface area (Å²) in [5.41, 5.74) is 1.30. The molecule has 1 aliphatic heterocycles. The number of ether oxygens (including phenoxy) is 1. The summed E-state index contributed by atoms with van der Waals surface area (Å²) in [7, 11) is 0. The van der Waals surface area contributed by atoms with Crippen LogP contribution in [0.1, 0.15) is 50.5 Å². The lowest BCUT2D eigenvalue weighted by atomic mass is 9.89. The monoisotopic (exact) mass is 314 g/mol. The zero-order valence-electron chi connectivity index (χ0n) is 14.1. The highest BCUT2D eigenvalue weighted by Crippen LogP contribution is 2.34. The van der Waals surface area contributed by atoms with Crippen LogP contribution >= 0.6 is 0 Å². The molecule has 3 nitrogen and oxygen atoms in total. The van der Waals surface area contributed by atoms with Crippen molar-refractivity contribution in [3.8, 4) is 0 Å². The first-order valence-corrected chi connectivity index (χ1v) is 9.56. The quantitative estimate of drug-likeness (QED) is 0.922. The van der Waals surface area contributed by atoms with Crippen LogP contribution in [0.25, 0.3) is 0 Å². The van der Waals surface area contributed by atoms with Gasteiger partial charge in [0.1, 0.15) is 0 Å². The molecule has 2 saturated carbocycles. The van der Waals surface area contributed by atoms with Crippen LogP contribution in [0.4, 0.5) is 0 Å². The molecule has 23 heavy (non-hydrogen) atoms. The summed E-state index contributed by atoms with van der Waals surface area (Å²) in [6.45, 7) is 3.13. The third-order valence-electron chi connectivity index (χ3n) is 6.08. The van der Waals surface area contributed by atoms with E-state index in [1.54, 1.807) is 0 Å². The Balaban J connectivity index is 1.42. The van der Waals surface area contributed by atoms with Crippen LogP contribution in [0.3, 0.4) is 0 Å². The van der Waals surface area contributed by atoms with E-state index in [1.807, 2.05) is 0 Å². The highest BCUT2D eigenvalue weighted by molar-refractivity contribution is 5.13. The number of rotatable bonds is 4. The zero-order chi connectivity index (χ0) is 15.5. The lowest BCUT2D eigenvalue weighted by Gasteiger charge is -2.47. The van der Waals surface area contributed by atoms with Crippen molar-refractivity contribution in [1.29, 1.82) is 0 Å². The first-order valence-electron chi connectivity index (χ1n) is 9.56. The Labute approximate surface area is 140 Å². The number of benzene rings is 1. The molecule has 0 bridgehead atoms. The lowest BCUT2D eigenvalue weighted by Crippen LogP contribution is -2.61. The lowest BCUT2D eigenvalue weighted by molar-refractivity contribution is -0.0643. The van der Waals surface area contributed by atoms with Crippen LogP contribution in [0.5, 0.6) is 0 Å². The summed E-state index contributed by atoms with van der Waals surface area (Å²) in [6.07, 6.45) is 9.81. The topological polar surface area (TPSA) is 24.5 Å². The fourth-order valence-electron chi connectivity index (χ4n) is 4.96. The number of nitrogens with one attached hydrogen (secondary N) is 1. The highest BCUT2D eigenvalue weighted by atomic mass is 16.5. The summed E-state index contributed by atoms with van der Waals surface area (Å²) in [5.74, 6) is 0. The Morgan fingerprint density at radius 1 is 0.957 bits per heavy atom. The van der Waals surface area contributed by atoms with Gasteiger partial charge in [-0.1, -0.05) is 49.6 Å². The minimum absolute atomic E-state index is 0.420. The molecule has 4 atom stereocenters. The van der Waals surface area contributed by atoms with Crippen LogP contribution in [-0.2, 0) is 11.3 Å². The highest BCUT2D eigenvalue weighted by Gasteiger charge is 2.41. The van der Waals surface area contributed by atoms with Gasteiger partial charge < -0.3 is 10.1 Å². The summed E-state index contributed by atoms with van der Waals surface area (Å²) in [6, 6.07) is 12.8. The standard InChI is InChI=1S/C20H30N2O/c1-2-7-16(8-3-1)15-23-20-12-5-4-10-19(20)22-14-13-21-17-9-6-11-18(17)22/h1-3,7-8,17-21H,4-6,9-15H2/t17-,18-,19+,20-/m1/s1. The maximum atomic E-state index is 6.42. The second-order valence-corrected chi connectivity index (χ2v) is 7.48. The van der Waals surface area contributed by atoms with Crippen LogP contribution in [0.2, 0.25) is 0 Å². The Hall–Kier alpha value is -0.900. The normalized spacial score (nSPS) is 35.1. The average molecular weight is 314 g/mol. The molecule has 3 aliphatic rings. The summed E-state index contributed by atoms with van der Waals surface area (Å²) in [4.78, 5) is 2.82. The molecule has 4 rings (SSSR count). The minimum atomic E-state index is 0.420. The summed E-state index contributed by atoms with van der Waals surface area (Å²) in [5, 5.41) is 3.74.